The Balaban J connectivity index is 2.51. The van der Waals surface area contributed by atoms with Gasteiger partial charge in [-0.15, -0.1) is 0 Å². The molecule has 2 rings (SSSR count). The van der Waals surface area contributed by atoms with Crippen molar-refractivity contribution in [2.75, 3.05) is 0 Å². The topological polar surface area (TPSA) is 9.23 Å². The van der Waals surface area contributed by atoms with E-state index in [9.17, 15) is 13.2 Å². The lowest BCUT2D eigenvalue weighted by Gasteiger charge is -2.17. The van der Waals surface area contributed by atoms with Gasteiger partial charge in [0.25, 0.3) is 0 Å². The maximum Gasteiger partial charge on any atom is 0.419 e. The van der Waals surface area contributed by atoms with Crippen LogP contribution in [0.25, 0.3) is 0 Å². The molecule has 1 nitrogen and oxygen atoms in total. The average Bonchev–Trinajstić information content (AvgIpc) is 2.35. The Morgan fingerprint density at radius 2 is 1.53 bits per heavy atom. The highest BCUT2D eigenvalue weighted by atomic mass is 19.4. The summed E-state index contributed by atoms with van der Waals surface area (Å²) in [6.07, 6.45) is -4.43. The molecule has 19 heavy (non-hydrogen) atoms. The number of ether oxygens (including phenoxy) is 1. The number of benzene rings is 2. The van der Waals surface area contributed by atoms with Crippen molar-refractivity contribution in [3.8, 4) is 11.5 Å². The summed E-state index contributed by atoms with van der Waals surface area (Å²) in [5, 5.41) is 0. The van der Waals surface area contributed by atoms with Gasteiger partial charge in [0.15, 0.2) is 0 Å². The predicted octanol–water partition coefficient (Wildman–Crippen LogP) is 5.11. The van der Waals surface area contributed by atoms with Crippen LogP contribution in [0.5, 0.6) is 11.5 Å². The normalized spacial score (nSPS) is 11.4. The van der Waals surface area contributed by atoms with Crippen LogP contribution in [0.2, 0.25) is 0 Å². The number of hydrogen-bond donors (Lipinski definition) is 0. The molecule has 0 aliphatic rings. The summed E-state index contributed by atoms with van der Waals surface area (Å²) in [4.78, 5) is 0. The van der Waals surface area contributed by atoms with Crippen molar-refractivity contribution < 1.29 is 17.9 Å². The molecule has 0 saturated carbocycles. The van der Waals surface area contributed by atoms with E-state index in [0.29, 0.717) is 11.3 Å². The Hall–Kier alpha value is -1.97. The highest BCUT2D eigenvalue weighted by Gasteiger charge is 2.35. The average molecular weight is 266 g/mol. The standard InChI is InChI=1S/C15H13F3O/c1-10-8-9-13(15(16,17)18)14(11(10)2)19-12-6-4-3-5-7-12/h3-9H,1-2H3. The highest BCUT2D eigenvalue weighted by Crippen LogP contribution is 2.40. The number of hydrogen-bond acceptors (Lipinski definition) is 1. The van der Waals surface area contributed by atoms with Gasteiger partial charge in [0.2, 0.25) is 0 Å². The van der Waals surface area contributed by atoms with Gasteiger partial charge in [-0.05, 0) is 43.2 Å². The Morgan fingerprint density at radius 3 is 2.11 bits per heavy atom. The van der Waals surface area contributed by atoms with E-state index in [1.807, 2.05) is 0 Å². The Bertz CT molecular complexity index is 574. The summed E-state index contributed by atoms with van der Waals surface area (Å²) < 4.78 is 44.4. The molecule has 4 heteroatoms. The van der Waals surface area contributed by atoms with E-state index in [0.717, 1.165) is 11.6 Å². The molecule has 100 valence electrons. The van der Waals surface area contributed by atoms with Crippen LogP contribution in [0.1, 0.15) is 16.7 Å². The zero-order chi connectivity index (χ0) is 14.0. The zero-order valence-corrected chi connectivity index (χ0v) is 10.6. The Kier molecular flexibility index (Phi) is 3.51. The molecule has 0 saturated heterocycles. The summed E-state index contributed by atoms with van der Waals surface area (Å²) >= 11 is 0. The summed E-state index contributed by atoms with van der Waals surface area (Å²) in [7, 11) is 0. The van der Waals surface area contributed by atoms with Crippen molar-refractivity contribution in [2.24, 2.45) is 0 Å². The molecule has 2 aromatic rings. The van der Waals surface area contributed by atoms with E-state index in [4.69, 9.17) is 4.74 Å². The molecule has 0 atom stereocenters. The molecule has 0 fully saturated rings. The van der Waals surface area contributed by atoms with Crippen LogP contribution in [0, 0.1) is 13.8 Å². The first kappa shape index (κ1) is 13.5. The molecule has 0 amide bonds. The van der Waals surface area contributed by atoms with Crippen LogP contribution < -0.4 is 4.74 Å². The second kappa shape index (κ2) is 4.96. The molecule has 0 aliphatic heterocycles. The summed E-state index contributed by atoms with van der Waals surface area (Å²) in [5.74, 6) is 0.264. The quantitative estimate of drug-likeness (QED) is 0.733. The van der Waals surface area contributed by atoms with E-state index in [1.54, 1.807) is 44.2 Å². The molecule has 0 heterocycles. The number of aryl methyl sites for hydroxylation is 1. The van der Waals surface area contributed by atoms with Crippen LogP contribution in [-0.2, 0) is 6.18 Å². The van der Waals surface area contributed by atoms with Crippen molar-refractivity contribution in [3.63, 3.8) is 0 Å². The fourth-order valence-electron chi connectivity index (χ4n) is 1.75. The second-order valence-electron chi connectivity index (χ2n) is 4.30. The molecule has 0 aliphatic carbocycles. The largest absolute Gasteiger partial charge is 0.456 e. The third-order valence-electron chi connectivity index (χ3n) is 2.95. The molecule has 0 aromatic heterocycles. The first-order valence-electron chi connectivity index (χ1n) is 5.80. The minimum atomic E-state index is -4.43. The van der Waals surface area contributed by atoms with Crippen molar-refractivity contribution in [2.45, 2.75) is 20.0 Å². The minimum absolute atomic E-state index is 0.126. The molecular weight excluding hydrogens is 253 g/mol. The lowest BCUT2D eigenvalue weighted by Crippen LogP contribution is -2.08. The SMILES string of the molecule is Cc1ccc(C(F)(F)F)c(Oc2ccccc2)c1C. The van der Waals surface area contributed by atoms with E-state index < -0.39 is 11.7 Å². The Morgan fingerprint density at radius 1 is 0.895 bits per heavy atom. The predicted molar refractivity (Wildman–Crippen MR) is 67.4 cm³/mol. The smallest absolute Gasteiger partial charge is 0.419 e. The van der Waals surface area contributed by atoms with Gasteiger partial charge < -0.3 is 4.74 Å². The summed E-state index contributed by atoms with van der Waals surface area (Å²) in [5.41, 5.74) is 0.511. The van der Waals surface area contributed by atoms with Crippen LogP contribution >= 0.6 is 0 Å². The van der Waals surface area contributed by atoms with E-state index >= 15 is 0 Å². The number of para-hydroxylation sites is 1. The molecular formula is C15H13F3O. The molecule has 2 aromatic carbocycles. The van der Waals surface area contributed by atoms with Crippen LogP contribution in [0.15, 0.2) is 42.5 Å². The molecule has 0 N–H and O–H groups in total. The fraction of sp³-hybridized carbons (Fsp3) is 0.200. The van der Waals surface area contributed by atoms with Crippen molar-refractivity contribution >= 4 is 0 Å². The van der Waals surface area contributed by atoms with Gasteiger partial charge in [-0.3, -0.25) is 0 Å². The zero-order valence-electron chi connectivity index (χ0n) is 10.6. The van der Waals surface area contributed by atoms with Crippen molar-refractivity contribution in [3.05, 3.63) is 59.2 Å². The lowest BCUT2D eigenvalue weighted by atomic mass is 10.0. The van der Waals surface area contributed by atoms with Crippen molar-refractivity contribution in [1.29, 1.82) is 0 Å². The highest BCUT2D eigenvalue weighted by molar-refractivity contribution is 5.48. The van der Waals surface area contributed by atoms with Gasteiger partial charge >= 0.3 is 6.18 Å². The van der Waals surface area contributed by atoms with Gasteiger partial charge in [-0.1, -0.05) is 24.3 Å². The first-order chi connectivity index (χ1) is 8.89. The van der Waals surface area contributed by atoms with E-state index in [-0.39, 0.29) is 5.75 Å². The third-order valence-corrected chi connectivity index (χ3v) is 2.95. The van der Waals surface area contributed by atoms with Gasteiger partial charge in [-0.2, -0.15) is 13.2 Å². The van der Waals surface area contributed by atoms with E-state index in [1.165, 1.54) is 6.07 Å². The third kappa shape index (κ3) is 2.89. The molecule has 0 spiro atoms. The first-order valence-corrected chi connectivity index (χ1v) is 5.80. The van der Waals surface area contributed by atoms with Gasteiger partial charge in [0, 0.05) is 0 Å². The maximum absolute atomic E-state index is 13.0. The van der Waals surface area contributed by atoms with Gasteiger partial charge in [0.05, 0.1) is 5.56 Å². The summed E-state index contributed by atoms with van der Waals surface area (Å²) in [6.45, 7) is 3.39. The van der Waals surface area contributed by atoms with Crippen molar-refractivity contribution in [1.82, 2.24) is 0 Å². The van der Waals surface area contributed by atoms with Crippen LogP contribution in [0.3, 0.4) is 0 Å². The lowest BCUT2D eigenvalue weighted by molar-refractivity contribution is -0.138. The van der Waals surface area contributed by atoms with Crippen LogP contribution in [-0.4, -0.2) is 0 Å². The number of rotatable bonds is 2. The number of alkyl halides is 3. The minimum Gasteiger partial charge on any atom is -0.456 e. The Labute approximate surface area is 109 Å². The number of halogens is 3. The molecule has 0 unspecified atom stereocenters. The van der Waals surface area contributed by atoms with E-state index in [2.05, 4.69) is 0 Å². The fourth-order valence-corrected chi connectivity index (χ4v) is 1.75. The summed E-state index contributed by atoms with van der Waals surface area (Å²) in [6, 6.07) is 11.0. The van der Waals surface area contributed by atoms with Gasteiger partial charge in [0.1, 0.15) is 11.5 Å². The maximum atomic E-state index is 13.0. The molecule has 0 radical (unpaired) electrons. The van der Waals surface area contributed by atoms with Gasteiger partial charge in [-0.25, -0.2) is 0 Å². The second-order valence-corrected chi connectivity index (χ2v) is 4.30. The molecule has 0 bridgehead atoms. The van der Waals surface area contributed by atoms with Crippen LogP contribution in [0.4, 0.5) is 13.2 Å². The monoisotopic (exact) mass is 266 g/mol.